The Balaban J connectivity index is 2.49. The van der Waals surface area contributed by atoms with E-state index >= 15 is 0 Å². The molecule has 2 rings (SSSR count). The van der Waals surface area contributed by atoms with Gasteiger partial charge in [0.05, 0.1) is 0 Å². The van der Waals surface area contributed by atoms with Gasteiger partial charge in [0.15, 0.2) is 0 Å². The summed E-state index contributed by atoms with van der Waals surface area (Å²) in [5, 5.41) is 2.90. The van der Waals surface area contributed by atoms with Crippen LogP contribution < -0.4 is 10.6 Å². The molecule has 0 heterocycles. The minimum atomic E-state index is -1.66. The van der Waals surface area contributed by atoms with Gasteiger partial charge in [0, 0.05) is 0 Å². The second-order valence-electron chi connectivity index (χ2n) is 3.89. The Labute approximate surface area is 106 Å². The molecule has 0 aliphatic heterocycles. The molecular formula is C14H16BrP. The van der Waals surface area contributed by atoms with Crippen molar-refractivity contribution in [2.75, 3.05) is 6.16 Å². The fraction of sp³-hybridized carbons (Fsp3) is 0.143. The van der Waals surface area contributed by atoms with Crippen molar-refractivity contribution in [2.45, 2.75) is 6.92 Å². The number of benzene rings is 2. The van der Waals surface area contributed by atoms with E-state index in [2.05, 4.69) is 83.1 Å². The van der Waals surface area contributed by atoms with Gasteiger partial charge in [0.2, 0.25) is 0 Å². The Morgan fingerprint density at radius 2 is 1.19 bits per heavy atom. The van der Waals surface area contributed by atoms with Gasteiger partial charge in [-0.05, 0) is 0 Å². The Morgan fingerprint density at radius 1 is 0.812 bits per heavy atom. The Bertz CT molecular complexity index is 399. The first-order valence-electron chi connectivity index (χ1n) is 5.57. The average Bonchev–Trinajstić information content (AvgIpc) is 2.40. The third kappa shape index (κ3) is 2.21. The Kier molecular flexibility index (Phi) is 3.78. The summed E-state index contributed by atoms with van der Waals surface area (Å²) in [6.45, 7) is 2.26. The maximum atomic E-state index is 4.04. The van der Waals surface area contributed by atoms with Gasteiger partial charge in [-0.3, -0.25) is 0 Å². The van der Waals surface area contributed by atoms with Gasteiger partial charge in [-0.2, -0.15) is 0 Å². The molecular weight excluding hydrogens is 279 g/mol. The summed E-state index contributed by atoms with van der Waals surface area (Å²) in [5.41, 5.74) is 0. The molecule has 0 aliphatic rings. The van der Waals surface area contributed by atoms with Gasteiger partial charge in [0.1, 0.15) is 0 Å². The molecule has 2 aromatic carbocycles. The van der Waals surface area contributed by atoms with Gasteiger partial charge in [-0.15, -0.1) is 0 Å². The third-order valence-corrected chi connectivity index (χ3v) is 10.9. The zero-order chi connectivity index (χ0) is 11.4. The van der Waals surface area contributed by atoms with Crippen molar-refractivity contribution in [1.82, 2.24) is 0 Å². The van der Waals surface area contributed by atoms with Gasteiger partial charge in [-0.25, -0.2) is 0 Å². The molecule has 0 saturated carbocycles. The van der Waals surface area contributed by atoms with Gasteiger partial charge < -0.3 is 0 Å². The predicted octanol–water partition coefficient (Wildman–Crippen LogP) is 3.72. The first kappa shape index (κ1) is 11.8. The molecule has 0 radical (unpaired) electrons. The number of hydrogen-bond donors (Lipinski definition) is 0. The van der Waals surface area contributed by atoms with Crippen LogP contribution in [0.25, 0.3) is 0 Å². The quantitative estimate of drug-likeness (QED) is 0.757. The fourth-order valence-corrected chi connectivity index (χ4v) is 6.16. The van der Waals surface area contributed by atoms with Crippen LogP contribution in [0.5, 0.6) is 0 Å². The average molecular weight is 295 g/mol. The molecule has 0 aliphatic carbocycles. The van der Waals surface area contributed by atoms with E-state index in [4.69, 9.17) is 0 Å². The molecule has 0 atom stereocenters. The predicted molar refractivity (Wildman–Crippen MR) is 79.9 cm³/mol. The van der Waals surface area contributed by atoms with Crippen molar-refractivity contribution >= 4 is 32.1 Å². The molecule has 84 valence electrons. The van der Waals surface area contributed by atoms with Crippen LogP contribution in [-0.2, 0) is 0 Å². The van der Waals surface area contributed by atoms with Gasteiger partial charge >= 0.3 is 106 Å². The van der Waals surface area contributed by atoms with E-state index in [1.165, 1.54) is 16.8 Å². The van der Waals surface area contributed by atoms with E-state index in [-0.39, 0.29) is 0 Å². The first-order valence-corrected chi connectivity index (χ1v) is 10.0. The molecule has 0 fully saturated rings. The summed E-state index contributed by atoms with van der Waals surface area (Å²) in [6, 6.07) is 21.6. The van der Waals surface area contributed by atoms with Crippen LogP contribution in [0.4, 0.5) is 0 Å². The third-order valence-electron chi connectivity index (χ3n) is 2.95. The molecule has 0 amide bonds. The van der Waals surface area contributed by atoms with E-state index in [1.54, 1.807) is 0 Å². The second-order valence-corrected chi connectivity index (χ2v) is 11.4. The standard InChI is InChI=1S/C14H16BrP/c1-2-16(15,13-9-5-3-6-10-13)14-11-7-4-8-12-14/h3-12,16H,2H2,1H3. The van der Waals surface area contributed by atoms with Crippen molar-refractivity contribution in [3.8, 4) is 0 Å². The van der Waals surface area contributed by atoms with Crippen LogP contribution in [-0.4, -0.2) is 6.16 Å². The molecule has 0 bridgehead atoms. The van der Waals surface area contributed by atoms with Crippen LogP contribution in [0.3, 0.4) is 0 Å². The zero-order valence-electron chi connectivity index (χ0n) is 9.36. The zero-order valence-corrected chi connectivity index (χ0v) is 11.9. The molecule has 0 aromatic heterocycles. The fourth-order valence-electron chi connectivity index (χ4n) is 1.98. The van der Waals surface area contributed by atoms with Crippen molar-refractivity contribution in [3.63, 3.8) is 0 Å². The Hall–Kier alpha value is -0.650. The van der Waals surface area contributed by atoms with Crippen LogP contribution in [0.15, 0.2) is 60.7 Å². The first-order chi connectivity index (χ1) is 7.77. The molecule has 2 heteroatoms. The summed E-state index contributed by atoms with van der Waals surface area (Å²) < 4.78 is 0. The van der Waals surface area contributed by atoms with Crippen molar-refractivity contribution in [3.05, 3.63) is 60.7 Å². The van der Waals surface area contributed by atoms with Crippen LogP contribution in [0.2, 0.25) is 0 Å². The molecule has 0 unspecified atom stereocenters. The van der Waals surface area contributed by atoms with E-state index in [0.29, 0.717) is 0 Å². The molecule has 0 N–H and O–H groups in total. The summed E-state index contributed by atoms with van der Waals surface area (Å²) in [6.07, 6.45) is 1.17. The summed E-state index contributed by atoms with van der Waals surface area (Å²) in [5.74, 6) is -1.66. The van der Waals surface area contributed by atoms with Crippen LogP contribution in [0.1, 0.15) is 6.92 Å². The van der Waals surface area contributed by atoms with Crippen LogP contribution in [0, 0.1) is 0 Å². The Morgan fingerprint density at radius 3 is 1.50 bits per heavy atom. The van der Waals surface area contributed by atoms with E-state index in [1.807, 2.05) is 0 Å². The number of rotatable bonds is 3. The monoisotopic (exact) mass is 294 g/mol. The van der Waals surface area contributed by atoms with Crippen molar-refractivity contribution in [1.29, 1.82) is 0 Å². The topological polar surface area (TPSA) is 0 Å². The molecule has 0 spiro atoms. The number of halogens is 1. The van der Waals surface area contributed by atoms with E-state index in [9.17, 15) is 0 Å². The number of hydrogen-bond acceptors (Lipinski definition) is 0. The van der Waals surface area contributed by atoms with Gasteiger partial charge in [-0.1, -0.05) is 0 Å². The summed E-state index contributed by atoms with van der Waals surface area (Å²) >= 11 is 4.04. The summed E-state index contributed by atoms with van der Waals surface area (Å²) in [4.78, 5) is 0. The van der Waals surface area contributed by atoms with E-state index < -0.39 is 5.96 Å². The normalized spacial score (nSPS) is 12.4. The molecule has 2 aromatic rings. The minimum absolute atomic E-state index is 1.17. The maximum absolute atomic E-state index is 4.04. The van der Waals surface area contributed by atoms with Crippen molar-refractivity contribution < 1.29 is 0 Å². The van der Waals surface area contributed by atoms with Crippen LogP contribution >= 0.6 is 21.5 Å². The SMILES string of the molecule is CC[PH](Br)(c1ccccc1)c1ccccc1. The van der Waals surface area contributed by atoms with Crippen molar-refractivity contribution in [2.24, 2.45) is 0 Å². The van der Waals surface area contributed by atoms with Gasteiger partial charge in [0.25, 0.3) is 0 Å². The molecule has 16 heavy (non-hydrogen) atoms. The summed E-state index contributed by atoms with van der Waals surface area (Å²) in [7, 11) is 0. The van der Waals surface area contributed by atoms with E-state index in [0.717, 1.165) is 0 Å². The second kappa shape index (κ2) is 5.12. The molecule has 0 nitrogen and oxygen atoms in total. The molecule has 0 saturated heterocycles.